The van der Waals surface area contributed by atoms with Crippen molar-refractivity contribution >= 4 is 18.5 Å². The van der Waals surface area contributed by atoms with Crippen LogP contribution in [0.2, 0.25) is 0 Å². The van der Waals surface area contributed by atoms with E-state index in [4.69, 9.17) is 14.2 Å². The molecule has 2 aromatic carbocycles. The fraction of sp³-hybridized carbons (Fsp3) is 0.409. The van der Waals surface area contributed by atoms with Crippen LogP contribution in [0, 0.1) is 0 Å². The van der Waals surface area contributed by atoms with Crippen molar-refractivity contribution in [3.63, 3.8) is 0 Å². The highest BCUT2D eigenvalue weighted by Crippen LogP contribution is 2.29. The smallest absolute Gasteiger partial charge is 0.217 e. The van der Waals surface area contributed by atoms with Crippen LogP contribution in [0.3, 0.4) is 0 Å². The zero-order valence-corrected chi connectivity index (χ0v) is 17.0. The van der Waals surface area contributed by atoms with Gasteiger partial charge in [0.25, 0.3) is 0 Å². The molecule has 1 N–H and O–H groups in total. The Morgan fingerprint density at radius 3 is 1.96 bits per heavy atom. The van der Waals surface area contributed by atoms with E-state index in [1.165, 1.54) is 6.92 Å². The summed E-state index contributed by atoms with van der Waals surface area (Å²) in [6, 6.07) is 19.4. The van der Waals surface area contributed by atoms with Gasteiger partial charge in [-0.15, -0.1) is 12.6 Å². The summed E-state index contributed by atoms with van der Waals surface area (Å²) in [5.74, 6) is -0.138. The number of carbonyl (C=O) groups is 1. The topological polar surface area (TPSA) is 56.8 Å². The maximum absolute atomic E-state index is 11.9. The molecule has 0 aromatic heterocycles. The summed E-state index contributed by atoms with van der Waals surface area (Å²) >= 11 is 4.57. The first-order chi connectivity index (χ1) is 13.5. The molecule has 0 aliphatic carbocycles. The van der Waals surface area contributed by atoms with Crippen LogP contribution in [0.25, 0.3) is 0 Å². The molecule has 1 saturated heterocycles. The molecule has 0 radical (unpaired) electrons. The van der Waals surface area contributed by atoms with Crippen molar-refractivity contribution < 1.29 is 19.0 Å². The molecule has 1 amide bonds. The minimum absolute atomic E-state index is 0.138. The van der Waals surface area contributed by atoms with Crippen LogP contribution in [0.4, 0.5) is 0 Å². The van der Waals surface area contributed by atoms with Crippen molar-refractivity contribution in [2.24, 2.45) is 0 Å². The maximum atomic E-state index is 11.9. The normalized spacial score (nSPS) is 27.3. The van der Waals surface area contributed by atoms with Crippen LogP contribution < -0.4 is 5.32 Å². The van der Waals surface area contributed by atoms with Crippen LogP contribution in [-0.2, 0) is 32.2 Å². The van der Waals surface area contributed by atoms with Crippen LogP contribution in [-0.4, -0.2) is 35.7 Å². The van der Waals surface area contributed by atoms with Crippen LogP contribution in [0.1, 0.15) is 25.0 Å². The molecule has 6 heteroatoms. The minimum Gasteiger partial charge on any atom is -0.369 e. The number of rotatable bonds is 7. The number of hydrogen-bond acceptors (Lipinski definition) is 5. The van der Waals surface area contributed by atoms with Crippen LogP contribution in [0.5, 0.6) is 0 Å². The standard InChI is InChI=1S/C22H27NO4S/c1-15-20(25-13-17-9-5-3-6-10-17)19(23-16(2)24)21(22(28)27-15)26-14-18-11-7-4-8-12-18/h3-12,15,19-22,28H,13-14H2,1-2H3,(H,23,24)/t15-,19+,20-,21-,22+/m1/s1. The molecule has 5 atom stereocenters. The Labute approximate surface area is 171 Å². The molecule has 2 aromatic rings. The molecule has 1 fully saturated rings. The van der Waals surface area contributed by atoms with Gasteiger partial charge < -0.3 is 19.5 Å². The Kier molecular flexibility index (Phi) is 7.50. The van der Waals surface area contributed by atoms with Gasteiger partial charge in [0.15, 0.2) is 0 Å². The summed E-state index contributed by atoms with van der Waals surface area (Å²) in [6.07, 6.45) is -1.03. The van der Waals surface area contributed by atoms with Gasteiger partial charge in [-0.2, -0.15) is 0 Å². The summed E-state index contributed by atoms with van der Waals surface area (Å²) in [5, 5.41) is 3.00. The van der Waals surface area contributed by atoms with Crippen molar-refractivity contribution in [2.75, 3.05) is 0 Å². The Balaban J connectivity index is 1.73. The average molecular weight is 402 g/mol. The molecule has 1 heterocycles. The van der Waals surface area contributed by atoms with Gasteiger partial charge in [-0.05, 0) is 18.1 Å². The fourth-order valence-corrected chi connectivity index (χ4v) is 3.85. The van der Waals surface area contributed by atoms with Gasteiger partial charge in [0.05, 0.1) is 25.4 Å². The van der Waals surface area contributed by atoms with E-state index in [0.717, 1.165) is 11.1 Å². The summed E-state index contributed by atoms with van der Waals surface area (Å²) in [4.78, 5) is 11.9. The molecule has 1 aliphatic heterocycles. The molecular weight excluding hydrogens is 374 g/mol. The first-order valence-corrected chi connectivity index (χ1v) is 9.98. The van der Waals surface area contributed by atoms with E-state index in [-0.39, 0.29) is 24.2 Å². The zero-order valence-electron chi connectivity index (χ0n) is 16.2. The predicted octanol–water partition coefficient (Wildman–Crippen LogP) is 3.34. The Morgan fingerprint density at radius 1 is 0.964 bits per heavy atom. The second-order valence-electron chi connectivity index (χ2n) is 6.98. The SMILES string of the molecule is CC(=O)N[C@@H]1[C@@H](OCc2ccccc2)[C@H](S)O[C@H](C)[C@H]1OCc1ccccc1. The summed E-state index contributed by atoms with van der Waals surface area (Å²) in [6.45, 7) is 4.26. The lowest BCUT2D eigenvalue weighted by Gasteiger charge is -2.44. The van der Waals surface area contributed by atoms with E-state index < -0.39 is 11.5 Å². The molecule has 0 bridgehead atoms. The zero-order chi connectivity index (χ0) is 19.9. The highest BCUT2D eigenvalue weighted by Gasteiger charge is 2.45. The lowest BCUT2D eigenvalue weighted by Crippen LogP contribution is -2.63. The van der Waals surface area contributed by atoms with E-state index in [9.17, 15) is 4.79 Å². The van der Waals surface area contributed by atoms with Crippen molar-refractivity contribution in [3.8, 4) is 0 Å². The lowest BCUT2D eigenvalue weighted by atomic mass is 9.97. The molecule has 150 valence electrons. The highest BCUT2D eigenvalue weighted by atomic mass is 32.1. The number of nitrogens with one attached hydrogen (secondary N) is 1. The first kappa shape index (κ1) is 20.9. The summed E-state index contributed by atoms with van der Waals surface area (Å²) in [7, 11) is 0. The van der Waals surface area contributed by atoms with Crippen molar-refractivity contribution in [1.82, 2.24) is 5.32 Å². The van der Waals surface area contributed by atoms with Crippen molar-refractivity contribution in [1.29, 1.82) is 0 Å². The van der Waals surface area contributed by atoms with Gasteiger partial charge >= 0.3 is 0 Å². The molecule has 0 unspecified atom stereocenters. The minimum atomic E-state index is -0.466. The number of thiol groups is 1. The largest absolute Gasteiger partial charge is 0.369 e. The Morgan fingerprint density at radius 2 is 1.46 bits per heavy atom. The Hall–Kier alpha value is -1.86. The highest BCUT2D eigenvalue weighted by molar-refractivity contribution is 7.80. The van der Waals surface area contributed by atoms with Crippen molar-refractivity contribution in [3.05, 3.63) is 71.8 Å². The molecule has 0 saturated carbocycles. The quantitative estimate of drug-likeness (QED) is 0.699. The molecule has 28 heavy (non-hydrogen) atoms. The number of carbonyl (C=O) groups excluding carboxylic acids is 1. The lowest BCUT2D eigenvalue weighted by molar-refractivity contribution is -0.188. The summed E-state index contributed by atoms with van der Waals surface area (Å²) in [5.41, 5.74) is 1.64. The number of ether oxygens (including phenoxy) is 3. The second kappa shape index (κ2) is 10.1. The molecule has 5 nitrogen and oxygen atoms in total. The van der Waals surface area contributed by atoms with Gasteiger partial charge in [-0.25, -0.2) is 0 Å². The number of benzene rings is 2. The van der Waals surface area contributed by atoms with E-state index >= 15 is 0 Å². The molecular formula is C22H27NO4S. The fourth-order valence-electron chi connectivity index (χ4n) is 3.39. The van der Waals surface area contributed by atoms with E-state index in [2.05, 4.69) is 17.9 Å². The summed E-state index contributed by atoms with van der Waals surface area (Å²) < 4.78 is 18.3. The number of hydrogen-bond donors (Lipinski definition) is 2. The third kappa shape index (κ3) is 5.58. The van der Waals surface area contributed by atoms with E-state index in [1.807, 2.05) is 67.6 Å². The second-order valence-corrected chi connectivity index (χ2v) is 7.49. The van der Waals surface area contributed by atoms with E-state index in [0.29, 0.717) is 13.2 Å². The monoisotopic (exact) mass is 401 g/mol. The van der Waals surface area contributed by atoms with Gasteiger partial charge in [-0.1, -0.05) is 60.7 Å². The van der Waals surface area contributed by atoms with Gasteiger partial charge in [0.1, 0.15) is 17.6 Å². The first-order valence-electron chi connectivity index (χ1n) is 9.46. The third-order valence-electron chi connectivity index (χ3n) is 4.75. The molecule has 0 spiro atoms. The third-order valence-corrected chi connectivity index (χ3v) is 5.16. The number of amides is 1. The molecule has 1 aliphatic rings. The van der Waals surface area contributed by atoms with Crippen LogP contribution >= 0.6 is 12.6 Å². The van der Waals surface area contributed by atoms with E-state index in [1.54, 1.807) is 0 Å². The van der Waals surface area contributed by atoms with Crippen molar-refractivity contribution in [2.45, 2.75) is 56.9 Å². The Bertz CT molecular complexity index is 687. The van der Waals surface area contributed by atoms with Gasteiger partial charge in [0, 0.05) is 6.92 Å². The predicted molar refractivity (Wildman–Crippen MR) is 111 cm³/mol. The van der Waals surface area contributed by atoms with Gasteiger partial charge in [-0.3, -0.25) is 4.79 Å². The average Bonchev–Trinajstić information content (AvgIpc) is 2.68. The van der Waals surface area contributed by atoms with Crippen LogP contribution in [0.15, 0.2) is 60.7 Å². The maximum Gasteiger partial charge on any atom is 0.217 e. The van der Waals surface area contributed by atoms with Gasteiger partial charge in [0.2, 0.25) is 5.91 Å². The molecule has 3 rings (SSSR count).